The number of halogens is 3. The van der Waals surface area contributed by atoms with E-state index in [1.54, 1.807) is 0 Å². The molecule has 2 aromatic rings. The minimum Gasteiger partial charge on any atom is -0.497 e. The van der Waals surface area contributed by atoms with Gasteiger partial charge in [0.05, 0.1) is 25.5 Å². The fourth-order valence-electron chi connectivity index (χ4n) is 2.39. The third-order valence-electron chi connectivity index (χ3n) is 3.65. The lowest BCUT2D eigenvalue weighted by Crippen LogP contribution is -2.52. The molecule has 2 N–H and O–H groups in total. The van der Waals surface area contributed by atoms with Gasteiger partial charge in [0.25, 0.3) is 11.2 Å². The first kappa shape index (κ1) is 18.6. The highest BCUT2D eigenvalue weighted by molar-refractivity contribution is 5.82. The fourth-order valence-corrected chi connectivity index (χ4v) is 2.39. The zero-order valence-electron chi connectivity index (χ0n) is 13.5. The number of nitrogens with zero attached hydrogens (tertiary/aromatic N) is 1. The van der Waals surface area contributed by atoms with Crippen molar-refractivity contribution in [3.63, 3.8) is 0 Å². The number of aliphatic hydroxyl groups is 1. The van der Waals surface area contributed by atoms with Gasteiger partial charge in [-0.2, -0.15) is 13.2 Å². The van der Waals surface area contributed by atoms with Crippen LogP contribution in [0.25, 0.3) is 5.69 Å². The Morgan fingerprint density at radius 3 is 2.20 bits per heavy atom. The molecule has 2 rings (SSSR count). The Hall–Kier alpha value is -2.75. The number of H-pyrrole nitrogens is 1. The molecule has 1 heterocycles. The number of aryl methyl sites for hydroxylation is 1. The maximum Gasteiger partial charge on any atom is 0.432 e. The van der Waals surface area contributed by atoms with Crippen LogP contribution in [-0.2, 0) is 15.1 Å². The number of rotatable bonds is 4. The number of benzene rings is 1. The summed E-state index contributed by atoms with van der Waals surface area (Å²) in [5.74, 6) is -1.53. The number of hydrogen-bond donors (Lipinski definition) is 2. The predicted octanol–water partition coefficient (Wildman–Crippen LogP) is 1.41. The third kappa shape index (κ3) is 2.88. The Labute approximate surface area is 139 Å². The summed E-state index contributed by atoms with van der Waals surface area (Å²) in [6, 6.07) is 5.83. The Morgan fingerprint density at radius 2 is 1.76 bits per heavy atom. The van der Waals surface area contributed by atoms with Crippen molar-refractivity contribution in [1.82, 2.24) is 9.78 Å². The number of methoxy groups -OCH3 is 2. The molecule has 0 spiro atoms. The van der Waals surface area contributed by atoms with Crippen molar-refractivity contribution in [1.29, 1.82) is 0 Å². The Kier molecular flexibility index (Phi) is 4.67. The van der Waals surface area contributed by atoms with Crippen LogP contribution in [-0.4, -0.2) is 41.3 Å². The smallest absolute Gasteiger partial charge is 0.432 e. The van der Waals surface area contributed by atoms with Gasteiger partial charge in [-0.3, -0.25) is 9.89 Å². The number of nitrogens with one attached hydrogen (secondary N) is 1. The number of carbonyl (C=O) groups excluding carboxylic acids is 1. The third-order valence-corrected chi connectivity index (χ3v) is 3.65. The monoisotopic (exact) mass is 360 g/mol. The van der Waals surface area contributed by atoms with Gasteiger partial charge in [0, 0.05) is 5.69 Å². The molecular weight excluding hydrogens is 345 g/mol. The lowest BCUT2D eigenvalue weighted by Gasteiger charge is -2.26. The molecular formula is C15H15F3N2O5. The van der Waals surface area contributed by atoms with E-state index >= 15 is 0 Å². The number of alkyl halides is 3. The Morgan fingerprint density at radius 1 is 1.20 bits per heavy atom. The second-order valence-corrected chi connectivity index (χ2v) is 5.15. The topological polar surface area (TPSA) is 93.6 Å². The normalized spacial score (nSPS) is 14.0. The Bertz CT molecular complexity index is 838. The number of ether oxygens (including phenoxy) is 2. The highest BCUT2D eigenvalue weighted by atomic mass is 19.4. The molecule has 0 radical (unpaired) electrons. The van der Waals surface area contributed by atoms with Crippen molar-refractivity contribution in [3.05, 3.63) is 45.9 Å². The van der Waals surface area contributed by atoms with Gasteiger partial charge >= 0.3 is 12.1 Å². The summed E-state index contributed by atoms with van der Waals surface area (Å²) >= 11 is 0. The number of hydrogen-bond acceptors (Lipinski definition) is 5. The van der Waals surface area contributed by atoms with E-state index in [1.165, 1.54) is 31.4 Å². The second-order valence-electron chi connectivity index (χ2n) is 5.15. The first-order valence-electron chi connectivity index (χ1n) is 6.92. The van der Waals surface area contributed by atoms with Crippen LogP contribution in [0.15, 0.2) is 29.1 Å². The predicted molar refractivity (Wildman–Crippen MR) is 79.6 cm³/mol. The lowest BCUT2D eigenvalue weighted by molar-refractivity contribution is -0.267. The molecule has 7 nitrogen and oxygen atoms in total. The van der Waals surface area contributed by atoms with E-state index in [9.17, 15) is 27.9 Å². The van der Waals surface area contributed by atoms with Gasteiger partial charge in [0.2, 0.25) is 0 Å². The van der Waals surface area contributed by atoms with Crippen LogP contribution < -0.4 is 10.3 Å². The van der Waals surface area contributed by atoms with Gasteiger partial charge < -0.3 is 14.6 Å². The standard InChI is InChI=1S/C15H15F3N2O5/c1-8-11(14(23,13(22)25-3)15(16,17)18)12(21)20(19-8)9-4-6-10(24-2)7-5-9/h4-7,19,23H,1-3H3. The number of aromatic nitrogens is 2. The zero-order chi connectivity index (χ0) is 19.0. The SMILES string of the molecule is COC(=O)C(O)(c1c(C)[nH]n(-c2ccc(OC)cc2)c1=O)C(F)(F)F. The van der Waals surface area contributed by atoms with Crippen LogP contribution >= 0.6 is 0 Å². The molecule has 0 aliphatic rings. The average molecular weight is 360 g/mol. The van der Waals surface area contributed by atoms with Gasteiger partial charge in [-0.05, 0) is 31.2 Å². The van der Waals surface area contributed by atoms with Gasteiger partial charge in [-0.1, -0.05) is 0 Å². The molecule has 0 saturated carbocycles. The van der Waals surface area contributed by atoms with Gasteiger partial charge in [0.15, 0.2) is 0 Å². The molecule has 0 fully saturated rings. The van der Waals surface area contributed by atoms with E-state index in [0.717, 1.165) is 11.6 Å². The van der Waals surface area contributed by atoms with E-state index in [0.29, 0.717) is 12.9 Å². The van der Waals surface area contributed by atoms with Gasteiger partial charge in [-0.25, -0.2) is 9.48 Å². The summed E-state index contributed by atoms with van der Waals surface area (Å²) in [6.07, 6.45) is -5.45. The van der Waals surface area contributed by atoms with E-state index < -0.39 is 28.9 Å². The summed E-state index contributed by atoms with van der Waals surface area (Å²) in [4.78, 5) is 24.1. The molecule has 0 aliphatic heterocycles. The van der Waals surface area contributed by atoms with Crippen LogP contribution in [0, 0.1) is 6.92 Å². The quantitative estimate of drug-likeness (QED) is 0.804. The van der Waals surface area contributed by atoms with Crippen molar-refractivity contribution in [2.24, 2.45) is 0 Å². The summed E-state index contributed by atoms with van der Waals surface area (Å²) in [6.45, 7) is 1.14. The molecule has 25 heavy (non-hydrogen) atoms. The van der Waals surface area contributed by atoms with E-state index in [1.807, 2.05) is 0 Å². The largest absolute Gasteiger partial charge is 0.497 e. The first-order chi connectivity index (χ1) is 11.6. The number of esters is 1. The molecule has 0 saturated heterocycles. The highest BCUT2D eigenvalue weighted by Gasteiger charge is 2.64. The summed E-state index contributed by atoms with van der Waals surface area (Å²) in [7, 11) is 2.11. The van der Waals surface area contributed by atoms with Crippen molar-refractivity contribution < 1.29 is 32.5 Å². The zero-order valence-corrected chi connectivity index (χ0v) is 13.5. The average Bonchev–Trinajstić information content (AvgIpc) is 2.87. The number of aromatic amines is 1. The number of carbonyl (C=O) groups is 1. The summed E-state index contributed by atoms with van der Waals surface area (Å²) < 4.78 is 49.9. The van der Waals surface area contributed by atoms with E-state index in [2.05, 4.69) is 9.84 Å². The molecule has 10 heteroatoms. The van der Waals surface area contributed by atoms with Crippen LogP contribution in [0.1, 0.15) is 11.3 Å². The van der Waals surface area contributed by atoms with Crippen molar-refractivity contribution in [3.8, 4) is 11.4 Å². The van der Waals surface area contributed by atoms with Crippen molar-refractivity contribution >= 4 is 5.97 Å². The molecule has 1 unspecified atom stereocenters. The van der Waals surface area contributed by atoms with Crippen LogP contribution in [0.3, 0.4) is 0 Å². The second kappa shape index (κ2) is 6.28. The minimum atomic E-state index is -5.45. The Balaban J connectivity index is 2.69. The van der Waals surface area contributed by atoms with Gasteiger partial charge in [-0.15, -0.1) is 0 Å². The molecule has 0 aliphatic carbocycles. The van der Waals surface area contributed by atoms with Crippen LogP contribution in [0.2, 0.25) is 0 Å². The maximum atomic E-state index is 13.4. The van der Waals surface area contributed by atoms with Crippen molar-refractivity contribution in [2.45, 2.75) is 18.7 Å². The van der Waals surface area contributed by atoms with Crippen LogP contribution in [0.4, 0.5) is 13.2 Å². The molecule has 1 aromatic heterocycles. The summed E-state index contributed by atoms with van der Waals surface area (Å²) in [5.41, 5.74) is -6.60. The first-order valence-corrected chi connectivity index (χ1v) is 6.92. The lowest BCUT2D eigenvalue weighted by atomic mass is 9.93. The molecule has 1 atom stereocenters. The van der Waals surface area contributed by atoms with Crippen molar-refractivity contribution in [2.75, 3.05) is 14.2 Å². The molecule has 0 bridgehead atoms. The van der Waals surface area contributed by atoms with Gasteiger partial charge in [0.1, 0.15) is 5.75 Å². The minimum absolute atomic E-state index is 0.189. The van der Waals surface area contributed by atoms with Crippen LogP contribution in [0.5, 0.6) is 5.75 Å². The highest BCUT2D eigenvalue weighted by Crippen LogP contribution is 2.39. The fraction of sp³-hybridized carbons (Fsp3) is 0.333. The molecule has 0 amide bonds. The molecule has 1 aromatic carbocycles. The van der Waals surface area contributed by atoms with E-state index in [-0.39, 0.29) is 11.4 Å². The van der Waals surface area contributed by atoms with E-state index in [4.69, 9.17) is 4.74 Å². The summed E-state index contributed by atoms with van der Waals surface area (Å²) in [5, 5.41) is 12.5. The maximum absolute atomic E-state index is 13.4. The molecule has 136 valence electrons.